The summed E-state index contributed by atoms with van der Waals surface area (Å²) in [5.41, 5.74) is 0.816. The molecular weight excluding hydrogens is 204 g/mol. The van der Waals surface area contributed by atoms with E-state index in [4.69, 9.17) is 4.74 Å². The highest BCUT2D eigenvalue weighted by atomic mass is 16.8. The van der Waals surface area contributed by atoms with E-state index in [1.807, 2.05) is 0 Å². The van der Waals surface area contributed by atoms with Gasteiger partial charge in [-0.1, -0.05) is 0 Å². The molecule has 3 aromatic heterocycles. The molecule has 3 aromatic rings. The third-order valence-electron chi connectivity index (χ3n) is 2.01. The molecule has 0 aliphatic heterocycles. The number of ether oxygens (including phenoxy) is 1. The topological polar surface area (TPSA) is 105 Å². The highest BCUT2D eigenvalue weighted by Gasteiger charge is 2.19. The lowest BCUT2D eigenvalue weighted by Crippen LogP contribution is -2.22. The SMILES string of the molecule is COc1cc2c(no[n+]2[O-])n2nnnc12. The molecule has 0 aromatic carbocycles. The molecule has 9 nitrogen and oxygen atoms in total. The van der Waals surface area contributed by atoms with Crippen LogP contribution < -0.4 is 9.64 Å². The minimum Gasteiger partial charge on any atom is -0.493 e. The number of tetrazole rings is 1. The maximum Gasteiger partial charge on any atom is 0.345 e. The molecule has 0 aliphatic carbocycles. The first-order valence-corrected chi connectivity index (χ1v) is 3.96. The van der Waals surface area contributed by atoms with Gasteiger partial charge in [-0.05, 0) is 15.3 Å². The lowest BCUT2D eigenvalue weighted by atomic mass is 10.4. The molecule has 3 rings (SSSR count). The summed E-state index contributed by atoms with van der Waals surface area (Å²) in [5, 5.41) is 25.6. The highest BCUT2D eigenvalue weighted by molar-refractivity contribution is 5.74. The van der Waals surface area contributed by atoms with Gasteiger partial charge in [0.1, 0.15) is 0 Å². The van der Waals surface area contributed by atoms with E-state index in [9.17, 15) is 5.21 Å². The molecule has 0 saturated carbocycles. The summed E-state index contributed by atoms with van der Waals surface area (Å²) in [5.74, 6) is 0.375. The largest absolute Gasteiger partial charge is 0.493 e. The molecule has 3 heterocycles. The number of aromatic nitrogens is 6. The van der Waals surface area contributed by atoms with E-state index < -0.39 is 0 Å². The van der Waals surface area contributed by atoms with E-state index in [1.165, 1.54) is 17.7 Å². The molecule has 0 atom stereocenters. The Balaban J connectivity index is 2.58. The van der Waals surface area contributed by atoms with Gasteiger partial charge >= 0.3 is 5.65 Å². The number of hydrogen-bond acceptors (Lipinski definition) is 7. The van der Waals surface area contributed by atoms with Gasteiger partial charge in [-0.2, -0.15) is 0 Å². The minimum atomic E-state index is 0.201. The predicted molar refractivity (Wildman–Crippen MR) is 43.9 cm³/mol. The Morgan fingerprint density at radius 3 is 3.20 bits per heavy atom. The Bertz CT molecular complexity index is 643. The summed E-state index contributed by atoms with van der Waals surface area (Å²) in [6, 6.07) is 1.46. The summed E-state index contributed by atoms with van der Waals surface area (Å²) in [7, 11) is 1.46. The maximum absolute atomic E-state index is 11.2. The predicted octanol–water partition coefficient (Wildman–Crippen LogP) is -1.09. The smallest absolute Gasteiger partial charge is 0.345 e. The first kappa shape index (κ1) is 7.91. The Labute approximate surface area is 81.4 Å². The number of rotatable bonds is 1. The molecule has 9 heteroatoms. The van der Waals surface area contributed by atoms with Gasteiger partial charge in [-0.15, -0.1) is 9.61 Å². The molecule has 0 unspecified atom stereocenters. The van der Waals surface area contributed by atoms with Crippen molar-refractivity contribution in [2.75, 3.05) is 7.11 Å². The molecule has 15 heavy (non-hydrogen) atoms. The zero-order chi connectivity index (χ0) is 10.4. The summed E-state index contributed by atoms with van der Waals surface area (Å²) >= 11 is 0. The summed E-state index contributed by atoms with van der Waals surface area (Å²) in [6.45, 7) is 0. The van der Waals surface area contributed by atoms with Gasteiger partial charge in [0.2, 0.25) is 11.2 Å². The van der Waals surface area contributed by atoms with Crippen molar-refractivity contribution < 1.29 is 14.3 Å². The molecule has 0 saturated heterocycles. The first-order chi connectivity index (χ1) is 7.31. The zero-order valence-electron chi connectivity index (χ0n) is 7.49. The van der Waals surface area contributed by atoms with E-state index >= 15 is 0 Å². The second-order valence-electron chi connectivity index (χ2n) is 2.77. The van der Waals surface area contributed by atoms with E-state index in [0.717, 1.165) is 0 Å². The van der Waals surface area contributed by atoms with Gasteiger partial charge < -0.3 is 9.94 Å². The molecule has 76 valence electrons. The van der Waals surface area contributed by atoms with Gasteiger partial charge in [0.25, 0.3) is 0 Å². The van der Waals surface area contributed by atoms with Crippen LogP contribution in [0.15, 0.2) is 10.7 Å². The Hall–Kier alpha value is -2.45. The van der Waals surface area contributed by atoms with Crippen LogP contribution in [-0.2, 0) is 0 Å². The quantitative estimate of drug-likeness (QED) is 0.467. The van der Waals surface area contributed by atoms with E-state index in [-0.39, 0.29) is 16.1 Å². The van der Waals surface area contributed by atoms with Crippen LogP contribution in [0.25, 0.3) is 16.8 Å². The van der Waals surface area contributed by atoms with Crippen molar-refractivity contribution in [1.29, 1.82) is 0 Å². The molecule has 0 radical (unpaired) electrons. The average Bonchev–Trinajstić information content (AvgIpc) is 2.83. The number of hydrogen-bond donors (Lipinski definition) is 0. The van der Waals surface area contributed by atoms with Crippen LogP contribution in [0.4, 0.5) is 0 Å². The number of methoxy groups -OCH3 is 1. The van der Waals surface area contributed by atoms with E-state index in [1.54, 1.807) is 0 Å². The van der Waals surface area contributed by atoms with E-state index in [0.29, 0.717) is 11.4 Å². The summed E-state index contributed by atoms with van der Waals surface area (Å²) in [4.78, 5) is 0.263. The van der Waals surface area contributed by atoms with Crippen LogP contribution in [0.5, 0.6) is 5.75 Å². The lowest BCUT2D eigenvalue weighted by molar-refractivity contribution is -0.782. The molecule has 0 bridgehead atoms. The Morgan fingerprint density at radius 2 is 2.40 bits per heavy atom. The van der Waals surface area contributed by atoms with Gasteiger partial charge in [0, 0.05) is 6.07 Å². The molecule has 0 spiro atoms. The third-order valence-corrected chi connectivity index (χ3v) is 2.01. The van der Waals surface area contributed by atoms with Crippen molar-refractivity contribution in [3.63, 3.8) is 0 Å². The fourth-order valence-electron chi connectivity index (χ4n) is 1.33. The van der Waals surface area contributed by atoms with Crippen molar-refractivity contribution in [2.45, 2.75) is 0 Å². The van der Waals surface area contributed by atoms with Crippen LogP contribution in [0.2, 0.25) is 0 Å². The standard InChI is InChI=1S/C6H4N6O3/c1-14-4-2-3-5(8-15-12(3)13)11-6(4)7-9-10-11/h2H,1H3. The van der Waals surface area contributed by atoms with Crippen LogP contribution in [0.3, 0.4) is 0 Å². The van der Waals surface area contributed by atoms with Crippen molar-refractivity contribution in [2.24, 2.45) is 0 Å². The molecule has 0 N–H and O–H groups in total. The molecule has 0 amide bonds. The highest BCUT2D eigenvalue weighted by Crippen LogP contribution is 2.20. The zero-order valence-corrected chi connectivity index (χ0v) is 7.49. The summed E-state index contributed by atoms with van der Waals surface area (Å²) < 4.78 is 10.7. The second-order valence-corrected chi connectivity index (χ2v) is 2.77. The van der Waals surface area contributed by atoms with Gasteiger partial charge in [0.05, 0.1) is 12.3 Å². The van der Waals surface area contributed by atoms with Crippen molar-refractivity contribution in [3.8, 4) is 5.75 Å². The molecule has 0 fully saturated rings. The Kier molecular flexibility index (Phi) is 1.33. The van der Waals surface area contributed by atoms with Crippen LogP contribution in [0.1, 0.15) is 0 Å². The second kappa shape index (κ2) is 2.53. The number of nitrogens with zero attached hydrogens (tertiary/aromatic N) is 6. The van der Waals surface area contributed by atoms with Crippen LogP contribution in [0, 0.1) is 5.21 Å². The van der Waals surface area contributed by atoms with Gasteiger partial charge in [-0.25, -0.2) is 0 Å². The monoisotopic (exact) mass is 208 g/mol. The van der Waals surface area contributed by atoms with Crippen molar-refractivity contribution in [3.05, 3.63) is 11.3 Å². The first-order valence-electron chi connectivity index (χ1n) is 3.96. The van der Waals surface area contributed by atoms with Crippen LogP contribution >= 0.6 is 0 Å². The number of fused-ring (bicyclic) bond motifs is 3. The molecule has 0 aliphatic rings. The summed E-state index contributed by atoms with van der Waals surface area (Å²) in [6.07, 6.45) is 0. The minimum absolute atomic E-state index is 0.201. The van der Waals surface area contributed by atoms with Crippen LogP contribution in [-0.4, -0.2) is 32.3 Å². The normalized spacial score (nSPS) is 11.3. The maximum atomic E-state index is 11.2. The van der Waals surface area contributed by atoms with E-state index in [2.05, 4.69) is 25.3 Å². The lowest BCUT2D eigenvalue weighted by Gasteiger charge is -1.97. The number of pyridine rings is 1. The van der Waals surface area contributed by atoms with Gasteiger partial charge in [-0.3, -0.25) is 4.63 Å². The molecular formula is C6H4N6O3. The third kappa shape index (κ3) is 0.882. The van der Waals surface area contributed by atoms with Gasteiger partial charge in [0.15, 0.2) is 5.75 Å². The van der Waals surface area contributed by atoms with Crippen molar-refractivity contribution in [1.82, 2.24) is 25.2 Å². The van der Waals surface area contributed by atoms with Crippen molar-refractivity contribution >= 4 is 16.8 Å². The fraction of sp³-hybridized carbons (Fsp3) is 0.167. The Morgan fingerprint density at radius 1 is 1.53 bits per heavy atom. The fourth-order valence-corrected chi connectivity index (χ4v) is 1.33. The average molecular weight is 208 g/mol.